The molecule has 138 valence electrons. The van der Waals surface area contributed by atoms with Crippen molar-refractivity contribution >= 4 is 15.9 Å². The number of benzene rings is 1. The number of carbonyl (C=O) groups excluding carboxylic acids is 1. The van der Waals surface area contributed by atoms with Gasteiger partial charge in [-0.25, -0.2) is 8.42 Å². The SMILES string of the molecule is Cn1cc(C2CC2C(=O)N2CCN(S(=O)(=O)c3ccccc3)CC2)cn1. The van der Waals surface area contributed by atoms with E-state index in [2.05, 4.69) is 5.10 Å². The largest absolute Gasteiger partial charge is 0.340 e. The second kappa shape index (κ2) is 6.51. The number of hydrogen-bond acceptors (Lipinski definition) is 4. The minimum Gasteiger partial charge on any atom is -0.340 e. The fourth-order valence-electron chi connectivity index (χ4n) is 3.59. The molecule has 1 aliphatic heterocycles. The predicted octanol–water partition coefficient (Wildman–Crippen LogP) is 1.06. The monoisotopic (exact) mass is 374 g/mol. The third kappa shape index (κ3) is 3.14. The fraction of sp³-hybridized carbons (Fsp3) is 0.444. The van der Waals surface area contributed by atoms with E-state index in [0.717, 1.165) is 12.0 Å². The molecule has 1 aromatic carbocycles. The Kier molecular flexibility index (Phi) is 4.32. The van der Waals surface area contributed by atoms with Gasteiger partial charge < -0.3 is 4.90 Å². The minimum atomic E-state index is -3.48. The molecule has 0 bridgehead atoms. The molecule has 8 heteroatoms. The summed E-state index contributed by atoms with van der Waals surface area (Å²) in [5.74, 6) is 0.398. The van der Waals surface area contributed by atoms with Gasteiger partial charge in [-0.05, 0) is 30.0 Å². The maximum Gasteiger partial charge on any atom is 0.243 e. The molecule has 0 N–H and O–H groups in total. The number of rotatable bonds is 4. The van der Waals surface area contributed by atoms with E-state index in [1.54, 1.807) is 39.9 Å². The zero-order valence-corrected chi connectivity index (χ0v) is 15.5. The van der Waals surface area contributed by atoms with Crippen LogP contribution in [0.2, 0.25) is 0 Å². The van der Waals surface area contributed by atoms with Gasteiger partial charge in [0.15, 0.2) is 0 Å². The molecule has 4 rings (SSSR count). The Hall–Kier alpha value is -2.19. The molecule has 0 spiro atoms. The van der Waals surface area contributed by atoms with Crippen LogP contribution in [-0.4, -0.2) is 59.5 Å². The van der Waals surface area contributed by atoms with Gasteiger partial charge >= 0.3 is 0 Å². The van der Waals surface area contributed by atoms with Gasteiger partial charge in [0.25, 0.3) is 0 Å². The van der Waals surface area contributed by atoms with Crippen molar-refractivity contribution in [1.82, 2.24) is 19.0 Å². The van der Waals surface area contributed by atoms with Crippen LogP contribution >= 0.6 is 0 Å². The molecule has 1 aromatic heterocycles. The standard InChI is InChI=1S/C18H22N4O3S/c1-20-13-14(12-19-20)16-11-17(16)18(23)21-7-9-22(10-8-21)26(24,25)15-5-3-2-4-6-15/h2-6,12-13,16-17H,7-11H2,1H3. The first kappa shape index (κ1) is 17.2. The van der Waals surface area contributed by atoms with Crippen molar-refractivity contribution in [3.05, 3.63) is 48.3 Å². The maximum absolute atomic E-state index is 12.7. The van der Waals surface area contributed by atoms with Crippen LogP contribution in [-0.2, 0) is 21.9 Å². The molecule has 1 aliphatic carbocycles. The third-order valence-corrected chi connectivity index (χ3v) is 7.10. The quantitative estimate of drug-likeness (QED) is 0.802. The lowest BCUT2D eigenvalue weighted by molar-refractivity contribution is -0.133. The third-order valence-electron chi connectivity index (χ3n) is 5.19. The molecule has 7 nitrogen and oxygen atoms in total. The molecule has 2 heterocycles. The van der Waals surface area contributed by atoms with Gasteiger partial charge in [-0.1, -0.05) is 18.2 Å². The summed E-state index contributed by atoms with van der Waals surface area (Å²) in [6.07, 6.45) is 4.64. The van der Waals surface area contributed by atoms with Crippen LogP contribution in [0, 0.1) is 5.92 Å². The van der Waals surface area contributed by atoms with Gasteiger partial charge in [-0.15, -0.1) is 0 Å². The fourth-order valence-corrected chi connectivity index (χ4v) is 5.04. The lowest BCUT2D eigenvalue weighted by Crippen LogP contribution is -2.51. The van der Waals surface area contributed by atoms with Crippen molar-refractivity contribution in [3.8, 4) is 0 Å². The van der Waals surface area contributed by atoms with Crippen molar-refractivity contribution in [2.45, 2.75) is 17.2 Å². The Morgan fingerprint density at radius 1 is 1.12 bits per heavy atom. The van der Waals surface area contributed by atoms with Crippen LogP contribution in [0.15, 0.2) is 47.6 Å². The average Bonchev–Trinajstić information content (AvgIpc) is 3.35. The number of aryl methyl sites for hydroxylation is 1. The van der Waals surface area contributed by atoms with Gasteiger partial charge in [-0.3, -0.25) is 9.48 Å². The predicted molar refractivity (Wildman–Crippen MR) is 95.8 cm³/mol. The van der Waals surface area contributed by atoms with E-state index < -0.39 is 10.0 Å². The zero-order chi connectivity index (χ0) is 18.3. The number of nitrogens with zero attached hydrogens (tertiary/aromatic N) is 4. The molecule has 26 heavy (non-hydrogen) atoms. The summed E-state index contributed by atoms with van der Waals surface area (Å²) >= 11 is 0. The first-order valence-electron chi connectivity index (χ1n) is 8.79. The molecule has 2 aliphatic rings. The summed E-state index contributed by atoms with van der Waals surface area (Å²) in [5.41, 5.74) is 1.11. The van der Waals surface area contributed by atoms with Crippen LogP contribution in [0.5, 0.6) is 0 Å². The van der Waals surface area contributed by atoms with E-state index in [9.17, 15) is 13.2 Å². The van der Waals surface area contributed by atoms with E-state index >= 15 is 0 Å². The Morgan fingerprint density at radius 3 is 2.42 bits per heavy atom. The molecule has 1 saturated heterocycles. The Balaban J connectivity index is 1.36. The van der Waals surface area contributed by atoms with Crippen molar-refractivity contribution < 1.29 is 13.2 Å². The average molecular weight is 374 g/mol. The van der Waals surface area contributed by atoms with Crippen molar-refractivity contribution in [2.24, 2.45) is 13.0 Å². The highest BCUT2D eigenvalue weighted by Crippen LogP contribution is 2.48. The van der Waals surface area contributed by atoms with E-state index in [4.69, 9.17) is 0 Å². The van der Waals surface area contributed by atoms with E-state index in [-0.39, 0.29) is 17.7 Å². The van der Waals surface area contributed by atoms with Crippen LogP contribution in [0.25, 0.3) is 0 Å². The molecular weight excluding hydrogens is 352 g/mol. The number of piperazine rings is 1. The van der Waals surface area contributed by atoms with Crippen LogP contribution in [0.4, 0.5) is 0 Å². The number of hydrogen-bond donors (Lipinski definition) is 0. The molecule has 1 saturated carbocycles. The van der Waals surface area contributed by atoms with Gasteiger partial charge in [0.2, 0.25) is 15.9 Å². The Morgan fingerprint density at radius 2 is 1.81 bits per heavy atom. The number of sulfonamides is 1. The summed E-state index contributed by atoms with van der Waals surface area (Å²) in [6, 6.07) is 8.45. The first-order valence-corrected chi connectivity index (χ1v) is 10.2. The topological polar surface area (TPSA) is 75.5 Å². The normalized spacial score (nSPS) is 23.8. The Labute approximate surface area is 153 Å². The second-order valence-electron chi connectivity index (χ2n) is 6.94. The highest BCUT2D eigenvalue weighted by atomic mass is 32.2. The van der Waals surface area contributed by atoms with E-state index in [1.165, 1.54) is 4.31 Å². The lowest BCUT2D eigenvalue weighted by atomic mass is 10.2. The summed E-state index contributed by atoms with van der Waals surface area (Å²) < 4.78 is 28.5. The number of aromatic nitrogens is 2. The van der Waals surface area contributed by atoms with Crippen molar-refractivity contribution in [1.29, 1.82) is 0 Å². The number of amides is 1. The highest BCUT2D eigenvalue weighted by molar-refractivity contribution is 7.89. The summed E-state index contributed by atoms with van der Waals surface area (Å²) in [7, 11) is -1.61. The van der Waals surface area contributed by atoms with Crippen LogP contribution in [0.3, 0.4) is 0 Å². The summed E-state index contributed by atoms with van der Waals surface area (Å²) in [6.45, 7) is 1.57. The van der Waals surface area contributed by atoms with Crippen molar-refractivity contribution in [2.75, 3.05) is 26.2 Å². The molecule has 2 atom stereocenters. The highest BCUT2D eigenvalue weighted by Gasteiger charge is 2.47. The Bertz CT molecular complexity index is 902. The second-order valence-corrected chi connectivity index (χ2v) is 8.88. The molecule has 2 aromatic rings. The minimum absolute atomic E-state index is 0.0106. The maximum atomic E-state index is 12.7. The van der Waals surface area contributed by atoms with Gasteiger partial charge in [0.05, 0.1) is 11.1 Å². The van der Waals surface area contributed by atoms with E-state index in [1.807, 2.05) is 19.4 Å². The van der Waals surface area contributed by atoms with Crippen molar-refractivity contribution in [3.63, 3.8) is 0 Å². The molecule has 2 unspecified atom stereocenters. The van der Waals surface area contributed by atoms with Gasteiger partial charge in [0.1, 0.15) is 0 Å². The molecular formula is C18H22N4O3S. The number of carbonyl (C=O) groups is 1. The zero-order valence-electron chi connectivity index (χ0n) is 14.7. The summed E-state index contributed by atoms with van der Waals surface area (Å²) in [5, 5.41) is 4.17. The molecule has 1 amide bonds. The van der Waals surface area contributed by atoms with E-state index in [0.29, 0.717) is 31.1 Å². The lowest BCUT2D eigenvalue weighted by Gasteiger charge is -2.34. The summed E-state index contributed by atoms with van der Waals surface area (Å²) in [4.78, 5) is 14.8. The first-order chi connectivity index (χ1) is 12.5. The van der Waals surface area contributed by atoms with Gasteiger partial charge in [0, 0.05) is 45.3 Å². The van der Waals surface area contributed by atoms with Crippen LogP contribution < -0.4 is 0 Å². The smallest absolute Gasteiger partial charge is 0.243 e. The van der Waals surface area contributed by atoms with Gasteiger partial charge in [-0.2, -0.15) is 9.40 Å². The molecule has 2 fully saturated rings. The molecule has 0 radical (unpaired) electrons. The van der Waals surface area contributed by atoms with Crippen LogP contribution in [0.1, 0.15) is 17.9 Å².